The largest absolute Gasteiger partial charge is 0.497 e. The van der Waals surface area contributed by atoms with Crippen LogP contribution >= 0.6 is 0 Å². The molecular weight excluding hydrogens is 258 g/mol. The number of benzene rings is 1. The molecule has 1 unspecified atom stereocenters. The van der Waals surface area contributed by atoms with E-state index in [4.69, 9.17) is 9.84 Å². The van der Waals surface area contributed by atoms with Crippen molar-refractivity contribution in [1.82, 2.24) is 10.2 Å². The monoisotopic (exact) mass is 273 g/mol. The van der Waals surface area contributed by atoms with Crippen LogP contribution in [-0.2, 0) is 0 Å². The maximum absolute atomic E-state index is 11.1. The maximum Gasteiger partial charge on any atom is 0.339 e. The molecule has 20 heavy (non-hydrogen) atoms. The lowest BCUT2D eigenvalue weighted by Crippen LogP contribution is -2.12. The van der Waals surface area contributed by atoms with E-state index < -0.39 is 5.97 Å². The van der Waals surface area contributed by atoms with Gasteiger partial charge < -0.3 is 15.2 Å². The highest BCUT2D eigenvalue weighted by Gasteiger charge is 2.14. The number of carboxylic acid groups (broad SMARTS) is 1. The van der Waals surface area contributed by atoms with E-state index in [-0.39, 0.29) is 17.4 Å². The summed E-state index contributed by atoms with van der Waals surface area (Å²) in [5.74, 6) is -0.0145. The molecule has 1 aromatic carbocycles. The Balaban J connectivity index is 2.18. The first-order valence-electron chi connectivity index (χ1n) is 6.07. The zero-order valence-corrected chi connectivity index (χ0v) is 11.2. The number of ether oxygens (including phenoxy) is 1. The number of nitrogens with zero attached hydrogens (tertiary/aromatic N) is 2. The lowest BCUT2D eigenvalue weighted by Gasteiger charge is -2.16. The van der Waals surface area contributed by atoms with Crippen molar-refractivity contribution < 1.29 is 14.6 Å². The Labute approximate surface area is 116 Å². The fraction of sp³-hybridized carbons (Fsp3) is 0.214. The first-order chi connectivity index (χ1) is 9.61. The molecule has 0 spiro atoms. The predicted molar refractivity (Wildman–Crippen MR) is 74.0 cm³/mol. The van der Waals surface area contributed by atoms with Crippen LogP contribution in [0, 0.1) is 0 Å². The lowest BCUT2D eigenvalue weighted by atomic mass is 10.1. The van der Waals surface area contributed by atoms with Crippen molar-refractivity contribution in [3.05, 3.63) is 47.7 Å². The Kier molecular flexibility index (Phi) is 4.14. The van der Waals surface area contributed by atoms with Gasteiger partial charge in [-0.05, 0) is 30.7 Å². The number of anilines is 1. The van der Waals surface area contributed by atoms with Gasteiger partial charge >= 0.3 is 5.97 Å². The number of hydrogen-bond donors (Lipinski definition) is 2. The number of aromatic nitrogens is 2. The van der Waals surface area contributed by atoms with E-state index in [1.165, 1.54) is 12.3 Å². The molecule has 1 aromatic heterocycles. The van der Waals surface area contributed by atoms with Crippen LogP contribution in [0.15, 0.2) is 36.5 Å². The molecule has 0 saturated carbocycles. The summed E-state index contributed by atoms with van der Waals surface area (Å²) >= 11 is 0. The Morgan fingerprint density at radius 3 is 2.60 bits per heavy atom. The van der Waals surface area contributed by atoms with Gasteiger partial charge in [0.15, 0.2) is 5.82 Å². The third kappa shape index (κ3) is 3.03. The molecule has 2 N–H and O–H groups in total. The molecule has 0 bridgehead atoms. The average Bonchev–Trinajstić information content (AvgIpc) is 2.47. The number of nitrogens with one attached hydrogen (secondary N) is 1. The molecule has 0 radical (unpaired) electrons. The van der Waals surface area contributed by atoms with Crippen LogP contribution in [0.2, 0.25) is 0 Å². The van der Waals surface area contributed by atoms with Gasteiger partial charge in [0.1, 0.15) is 11.3 Å². The Morgan fingerprint density at radius 1 is 1.30 bits per heavy atom. The zero-order valence-electron chi connectivity index (χ0n) is 11.2. The SMILES string of the molecule is COc1ccc(C(C)Nc2nnccc2C(=O)O)cc1. The second-order valence-electron chi connectivity index (χ2n) is 4.24. The molecule has 0 fully saturated rings. The first kappa shape index (κ1) is 13.8. The number of aromatic carboxylic acids is 1. The molecule has 0 aliphatic rings. The van der Waals surface area contributed by atoms with E-state index >= 15 is 0 Å². The summed E-state index contributed by atoms with van der Waals surface area (Å²) in [4.78, 5) is 11.1. The van der Waals surface area contributed by atoms with Crippen LogP contribution < -0.4 is 10.1 Å². The van der Waals surface area contributed by atoms with Gasteiger partial charge in [0, 0.05) is 0 Å². The van der Waals surface area contributed by atoms with Crippen molar-refractivity contribution in [3.63, 3.8) is 0 Å². The average molecular weight is 273 g/mol. The maximum atomic E-state index is 11.1. The smallest absolute Gasteiger partial charge is 0.339 e. The summed E-state index contributed by atoms with van der Waals surface area (Å²) in [7, 11) is 1.61. The van der Waals surface area contributed by atoms with Crippen molar-refractivity contribution in [1.29, 1.82) is 0 Å². The Hall–Kier alpha value is -2.63. The molecular formula is C14H15N3O3. The van der Waals surface area contributed by atoms with Crippen molar-refractivity contribution >= 4 is 11.8 Å². The number of rotatable bonds is 5. The molecule has 6 heteroatoms. The van der Waals surface area contributed by atoms with Gasteiger partial charge in [-0.15, -0.1) is 5.10 Å². The molecule has 1 heterocycles. The highest BCUT2D eigenvalue weighted by molar-refractivity contribution is 5.92. The van der Waals surface area contributed by atoms with Gasteiger partial charge in [-0.2, -0.15) is 5.10 Å². The minimum atomic E-state index is -1.04. The summed E-state index contributed by atoms with van der Waals surface area (Å²) in [6.07, 6.45) is 1.35. The van der Waals surface area contributed by atoms with Gasteiger partial charge in [0.2, 0.25) is 0 Å². The third-order valence-corrected chi connectivity index (χ3v) is 2.92. The van der Waals surface area contributed by atoms with Crippen LogP contribution in [0.5, 0.6) is 5.75 Å². The van der Waals surface area contributed by atoms with Crippen LogP contribution in [0.3, 0.4) is 0 Å². The minimum Gasteiger partial charge on any atom is -0.497 e. The van der Waals surface area contributed by atoms with E-state index in [9.17, 15) is 4.79 Å². The number of hydrogen-bond acceptors (Lipinski definition) is 5. The Bertz CT molecular complexity index is 599. The molecule has 0 amide bonds. The summed E-state index contributed by atoms with van der Waals surface area (Å²) in [6, 6.07) is 8.83. The fourth-order valence-corrected chi connectivity index (χ4v) is 1.79. The standard InChI is InChI=1S/C14H15N3O3/c1-9(10-3-5-11(20-2)6-4-10)16-13-12(14(18)19)7-8-15-17-13/h3-9H,1-2H3,(H,16,17)(H,18,19). The van der Waals surface area contributed by atoms with Crippen LogP contribution in [0.4, 0.5) is 5.82 Å². The van der Waals surface area contributed by atoms with Crippen molar-refractivity contribution in [2.75, 3.05) is 12.4 Å². The predicted octanol–water partition coefficient (Wildman–Crippen LogP) is 2.36. The Morgan fingerprint density at radius 2 is 2.00 bits per heavy atom. The highest BCUT2D eigenvalue weighted by atomic mass is 16.5. The second-order valence-corrected chi connectivity index (χ2v) is 4.24. The highest BCUT2D eigenvalue weighted by Crippen LogP contribution is 2.22. The van der Waals surface area contributed by atoms with Crippen molar-refractivity contribution in [3.8, 4) is 5.75 Å². The van der Waals surface area contributed by atoms with E-state index in [1.807, 2.05) is 31.2 Å². The first-order valence-corrected chi connectivity index (χ1v) is 6.07. The number of carboxylic acids is 1. The van der Waals surface area contributed by atoms with E-state index in [2.05, 4.69) is 15.5 Å². The molecule has 2 aromatic rings. The van der Waals surface area contributed by atoms with Crippen LogP contribution in [-0.4, -0.2) is 28.4 Å². The number of carbonyl (C=O) groups is 1. The molecule has 2 rings (SSSR count). The van der Waals surface area contributed by atoms with Gasteiger partial charge in [-0.25, -0.2) is 4.79 Å². The molecule has 0 aliphatic carbocycles. The quantitative estimate of drug-likeness (QED) is 0.870. The van der Waals surface area contributed by atoms with Crippen molar-refractivity contribution in [2.45, 2.75) is 13.0 Å². The fourth-order valence-electron chi connectivity index (χ4n) is 1.79. The lowest BCUT2D eigenvalue weighted by molar-refractivity contribution is 0.0697. The molecule has 1 atom stereocenters. The van der Waals surface area contributed by atoms with E-state index in [0.717, 1.165) is 11.3 Å². The number of methoxy groups -OCH3 is 1. The van der Waals surface area contributed by atoms with E-state index in [1.54, 1.807) is 7.11 Å². The summed E-state index contributed by atoms with van der Waals surface area (Å²) < 4.78 is 5.10. The topological polar surface area (TPSA) is 84.3 Å². The van der Waals surface area contributed by atoms with Crippen LogP contribution in [0.1, 0.15) is 28.9 Å². The van der Waals surface area contributed by atoms with E-state index in [0.29, 0.717) is 0 Å². The molecule has 0 aliphatic heterocycles. The normalized spacial score (nSPS) is 11.7. The van der Waals surface area contributed by atoms with Gasteiger partial charge in [0.05, 0.1) is 19.3 Å². The van der Waals surface area contributed by atoms with Gasteiger partial charge in [-0.3, -0.25) is 0 Å². The third-order valence-electron chi connectivity index (χ3n) is 2.92. The second kappa shape index (κ2) is 6.01. The van der Waals surface area contributed by atoms with Gasteiger partial charge in [0.25, 0.3) is 0 Å². The molecule has 104 valence electrons. The van der Waals surface area contributed by atoms with Crippen molar-refractivity contribution in [2.24, 2.45) is 0 Å². The summed E-state index contributed by atoms with van der Waals surface area (Å²) in [5.41, 5.74) is 1.09. The zero-order chi connectivity index (χ0) is 14.5. The van der Waals surface area contributed by atoms with Gasteiger partial charge in [-0.1, -0.05) is 12.1 Å². The molecule has 0 saturated heterocycles. The summed E-state index contributed by atoms with van der Waals surface area (Å²) in [6.45, 7) is 1.92. The minimum absolute atomic E-state index is 0.0976. The van der Waals surface area contributed by atoms with Crippen LogP contribution in [0.25, 0.3) is 0 Å². The molecule has 6 nitrogen and oxygen atoms in total. The summed E-state index contributed by atoms with van der Waals surface area (Å²) in [5, 5.41) is 19.7.